The smallest absolute Gasteiger partial charge is 0.344 e. The van der Waals surface area contributed by atoms with Gasteiger partial charge in [-0.05, 0) is 49.8 Å². The number of imide groups is 1. The predicted molar refractivity (Wildman–Crippen MR) is 100 cm³/mol. The van der Waals surface area contributed by atoms with E-state index in [0.29, 0.717) is 11.3 Å². The van der Waals surface area contributed by atoms with Crippen LogP contribution in [0.4, 0.5) is 0 Å². The van der Waals surface area contributed by atoms with E-state index in [2.05, 4.69) is 17.3 Å². The minimum Gasteiger partial charge on any atom is -0.482 e. The van der Waals surface area contributed by atoms with Gasteiger partial charge in [0.1, 0.15) is 5.75 Å². The molecule has 4 rings (SSSR count). The third-order valence-corrected chi connectivity index (χ3v) is 5.35. The molecule has 2 aliphatic carbocycles. The monoisotopic (exact) mass is 382 g/mol. The van der Waals surface area contributed by atoms with Crippen molar-refractivity contribution in [3.05, 3.63) is 42.0 Å². The molecule has 0 aromatic heterocycles. The number of hydrogen-bond donors (Lipinski definition) is 0. The van der Waals surface area contributed by atoms with Crippen molar-refractivity contribution in [1.29, 1.82) is 0 Å². The second-order valence-corrected chi connectivity index (χ2v) is 7.63. The fourth-order valence-electron chi connectivity index (χ4n) is 4.25. The van der Waals surface area contributed by atoms with Crippen molar-refractivity contribution in [3.63, 3.8) is 0 Å². The fraction of sp³-hybridized carbons (Fsp3) is 0.429. The van der Waals surface area contributed by atoms with Crippen LogP contribution < -0.4 is 4.74 Å². The van der Waals surface area contributed by atoms with Crippen molar-refractivity contribution < 1.29 is 23.9 Å². The summed E-state index contributed by atoms with van der Waals surface area (Å²) < 4.78 is 10.5. The molecule has 0 spiro atoms. The number of hydrazone groups is 1. The second kappa shape index (κ2) is 7.22. The lowest BCUT2D eigenvalue weighted by Crippen LogP contribution is -2.28. The molecule has 7 nitrogen and oxygen atoms in total. The van der Waals surface area contributed by atoms with Crippen LogP contribution in [0, 0.1) is 23.7 Å². The number of fused-ring (bicyclic) bond motifs is 5. The Morgan fingerprint density at radius 3 is 2.54 bits per heavy atom. The van der Waals surface area contributed by atoms with Crippen LogP contribution in [0.2, 0.25) is 0 Å². The number of carbonyl (C=O) groups excluding carboxylic acids is 3. The van der Waals surface area contributed by atoms with Crippen LogP contribution in [0.1, 0.15) is 25.8 Å². The molecule has 2 amide bonds. The number of carbonyl (C=O) groups is 3. The average molecular weight is 382 g/mol. The molecule has 7 heteroatoms. The maximum atomic E-state index is 12.6. The van der Waals surface area contributed by atoms with Gasteiger partial charge >= 0.3 is 5.97 Å². The van der Waals surface area contributed by atoms with Gasteiger partial charge in [-0.1, -0.05) is 24.3 Å². The minimum atomic E-state index is -0.447. The molecular formula is C21H22N2O5. The third kappa shape index (κ3) is 3.32. The zero-order valence-corrected chi connectivity index (χ0v) is 15.8. The van der Waals surface area contributed by atoms with E-state index < -0.39 is 5.97 Å². The van der Waals surface area contributed by atoms with Crippen LogP contribution in [0.25, 0.3) is 0 Å². The summed E-state index contributed by atoms with van der Waals surface area (Å²) in [6.45, 7) is 3.35. The Morgan fingerprint density at radius 1 is 1.21 bits per heavy atom. The Hall–Kier alpha value is -2.96. The van der Waals surface area contributed by atoms with E-state index in [4.69, 9.17) is 9.47 Å². The highest BCUT2D eigenvalue weighted by Gasteiger charge is 2.59. The molecule has 2 fully saturated rings. The van der Waals surface area contributed by atoms with Gasteiger partial charge in [0, 0.05) is 0 Å². The van der Waals surface area contributed by atoms with E-state index in [1.54, 1.807) is 38.1 Å². The maximum Gasteiger partial charge on any atom is 0.344 e. The first-order chi connectivity index (χ1) is 13.4. The van der Waals surface area contributed by atoms with Crippen LogP contribution in [0.5, 0.6) is 5.75 Å². The Labute approximate surface area is 163 Å². The standard InChI is InChI=1S/C21H22N2O5/c1-12(2)28-17(24)11-27-16-5-3-4-13(8-16)10-22-23-20(25)18-14-6-7-15(9-14)19(18)21(23)26/h3-8,10,12,14-15,18-19H,9,11H2,1-2H3. The molecule has 1 saturated carbocycles. The van der Waals surface area contributed by atoms with E-state index in [0.717, 1.165) is 11.4 Å². The molecule has 0 radical (unpaired) electrons. The number of rotatable bonds is 6. The summed E-state index contributed by atoms with van der Waals surface area (Å²) in [6, 6.07) is 6.92. The van der Waals surface area contributed by atoms with E-state index >= 15 is 0 Å². The predicted octanol–water partition coefficient (Wildman–Crippen LogP) is 2.16. The molecule has 1 heterocycles. The van der Waals surface area contributed by atoms with Crippen molar-refractivity contribution in [3.8, 4) is 5.75 Å². The summed E-state index contributed by atoms with van der Waals surface area (Å²) in [7, 11) is 0. The number of benzene rings is 1. The second-order valence-electron chi connectivity index (χ2n) is 7.63. The van der Waals surface area contributed by atoms with Crippen molar-refractivity contribution in [2.75, 3.05) is 6.61 Å². The first-order valence-electron chi connectivity index (χ1n) is 9.46. The molecule has 1 aromatic rings. The van der Waals surface area contributed by atoms with Crippen LogP contribution >= 0.6 is 0 Å². The summed E-state index contributed by atoms with van der Waals surface area (Å²) in [5.41, 5.74) is 0.661. The molecule has 1 saturated heterocycles. The van der Waals surface area contributed by atoms with Crippen molar-refractivity contribution in [1.82, 2.24) is 5.01 Å². The van der Waals surface area contributed by atoms with Crippen molar-refractivity contribution >= 4 is 24.0 Å². The largest absolute Gasteiger partial charge is 0.482 e. The number of amides is 2. The number of esters is 1. The van der Waals surface area contributed by atoms with Gasteiger partial charge in [0.25, 0.3) is 11.8 Å². The van der Waals surface area contributed by atoms with Crippen LogP contribution in [-0.4, -0.2) is 41.7 Å². The van der Waals surface area contributed by atoms with Gasteiger partial charge in [0.05, 0.1) is 24.2 Å². The Balaban J connectivity index is 1.41. The lowest BCUT2D eigenvalue weighted by molar-refractivity contribution is -0.149. The fourth-order valence-corrected chi connectivity index (χ4v) is 4.25. The molecule has 28 heavy (non-hydrogen) atoms. The zero-order chi connectivity index (χ0) is 19.8. The molecular weight excluding hydrogens is 360 g/mol. The SMILES string of the molecule is CC(C)OC(=O)COc1cccc(C=NN2C(=O)C3C4C=CC(C4)C3C2=O)c1. The molecule has 1 aliphatic heterocycles. The molecule has 4 atom stereocenters. The van der Waals surface area contributed by atoms with Gasteiger partial charge in [-0.25, -0.2) is 4.79 Å². The topological polar surface area (TPSA) is 85.3 Å². The molecule has 3 aliphatic rings. The van der Waals surface area contributed by atoms with Crippen molar-refractivity contribution in [2.45, 2.75) is 26.4 Å². The van der Waals surface area contributed by atoms with Crippen molar-refractivity contribution in [2.24, 2.45) is 28.8 Å². The zero-order valence-electron chi connectivity index (χ0n) is 15.8. The van der Waals surface area contributed by atoms with Crippen LogP contribution in [0.15, 0.2) is 41.5 Å². The molecule has 1 aromatic carbocycles. The van der Waals surface area contributed by atoms with E-state index in [1.807, 2.05) is 0 Å². The van der Waals surface area contributed by atoms with E-state index in [1.165, 1.54) is 6.21 Å². The first-order valence-corrected chi connectivity index (χ1v) is 9.46. The lowest BCUT2D eigenvalue weighted by Gasteiger charge is -2.13. The maximum absolute atomic E-state index is 12.6. The minimum absolute atomic E-state index is 0.161. The Kier molecular flexibility index (Phi) is 4.75. The molecule has 0 N–H and O–H groups in total. The van der Waals surface area contributed by atoms with Gasteiger partial charge < -0.3 is 9.47 Å². The normalized spacial score (nSPS) is 27.9. The summed E-state index contributed by atoms with van der Waals surface area (Å²) in [5.74, 6) is -0.607. The lowest BCUT2D eigenvalue weighted by atomic mass is 9.85. The summed E-state index contributed by atoms with van der Waals surface area (Å²) in [6.07, 6.45) is 6.26. The summed E-state index contributed by atoms with van der Waals surface area (Å²) in [4.78, 5) is 36.8. The Bertz CT molecular complexity index is 845. The summed E-state index contributed by atoms with van der Waals surface area (Å²) >= 11 is 0. The number of allylic oxidation sites excluding steroid dienone is 2. The third-order valence-electron chi connectivity index (χ3n) is 5.35. The van der Waals surface area contributed by atoms with Crippen LogP contribution in [-0.2, 0) is 19.1 Å². The van der Waals surface area contributed by atoms with E-state index in [-0.39, 0.29) is 48.2 Å². The van der Waals surface area contributed by atoms with Gasteiger partial charge in [-0.15, -0.1) is 0 Å². The van der Waals surface area contributed by atoms with Gasteiger partial charge in [0.2, 0.25) is 0 Å². The number of hydrogen-bond acceptors (Lipinski definition) is 6. The molecule has 4 unspecified atom stereocenters. The van der Waals surface area contributed by atoms with Gasteiger partial charge in [-0.2, -0.15) is 10.1 Å². The molecule has 2 bridgehead atoms. The Morgan fingerprint density at radius 2 is 1.89 bits per heavy atom. The van der Waals surface area contributed by atoms with Gasteiger partial charge in [0.15, 0.2) is 6.61 Å². The number of ether oxygens (including phenoxy) is 2. The highest BCUT2D eigenvalue weighted by molar-refractivity contribution is 6.06. The van der Waals surface area contributed by atoms with Crippen LogP contribution in [0.3, 0.4) is 0 Å². The highest BCUT2D eigenvalue weighted by atomic mass is 16.6. The van der Waals surface area contributed by atoms with Gasteiger partial charge in [-0.3, -0.25) is 9.59 Å². The molecule has 146 valence electrons. The first kappa shape index (κ1) is 18.4. The van der Waals surface area contributed by atoms with E-state index in [9.17, 15) is 14.4 Å². The summed E-state index contributed by atoms with van der Waals surface area (Å²) in [5, 5.41) is 5.15. The quantitative estimate of drug-likeness (QED) is 0.326. The average Bonchev–Trinajstić information content (AvgIpc) is 3.33. The highest BCUT2D eigenvalue weighted by Crippen LogP contribution is 2.52. The number of nitrogens with zero attached hydrogens (tertiary/aromatic N) is 2.